The number of aliphatic hydroxyl groups is 3. The molecule has 0 aliphatic carbocycles. The lowest BCUT2D eigenvalue weighted by Crippen LogP contribution is -1.95. The van der Waals surface area contributed by atoms with Crippen LogP contribution >= 0.6 is 35.3 Å². The van der Waals surface area contributed by atoms with Crippen molar-refractivity contribution in [3.05, 3.63) is 88.0 Å². The minimum absolute atomic E-state index is 0.0517. The van der Waals surface area contributed by atoms with E-state index in [0.717, 1.165) is 49.1 Å². The lowest BCUT2D eigenvalue weighted by atomic mass is 10.1. The third-order valence-electron chi connectivity index (χ3n) is 6.82. The second-order valence-corrected chi connectivity index (χ2v) is 13.8. The molecule has 45 heavy (non-hydrogen) atoms. The number of phenols is 3. The summed E-state index contributed by atoms with van der Waals surface area (Å²) in [7, 11) is 0. The summed E-state index contributed by atoms with van der Waals surface area (Å²) in [5.41, 5.74) is 4.44. The molecule has 0 aromatic heterocycles. The van der Waals surface area contributed by atoms with Crippen LogP contribution in [-0.2, 0) is 19.8 Å². The largest absolute Gasteiger partial charge is 0.507 e. The van der Waals surface area contributed by atoms with Crippen LogP contribution in [0.1, 0.15) is 54.2 Å². The average Bonchev–Trinajstić information content (AvgIpc) is 3.78. The van der Waals surface area contributed by atoms with Crippen molar-refractivity contribution in [2.75, 3.05) is 17.3 Å². The van der Waals surface area contributed by atoms with Crippen molar-refractivity contribution in [1.29, 1.82) is 0 Å². The molecule has 6 N–H and O–H groups in total. The molecule has 3 heterocycles. The van der Waals surface area contributed by atoms with Gasteiger partial charge in [0.1, 0.15) is 32.4 Å². The number of aliphatic hydroxyl groups excluding tert-OH is 3. The molecule has 0 saturated heterocycles. The van der Waals surface area contributed by atoms with E-state index in [1.807, 2.05) is 18.2 Å². The van der Waals surface area contributed by atoms with Gasteiger partial charge in [0.05, 0.1) is 37.9 Å². The van der Waals surface area contributed by atoms with Gasteiger partial charge in [-0.1, -0.05) is 18.2 Å². The van der Waals surface area contributed by atoms with E-state index in [1.54, 1.807) is 71.7 Å². The van der Waals surface area contributed by atoms with Crippen LogP contribution in [0.5, 0.6) is 17.2 Å². The van der Waals surface area contributed by atoms with Gasteiger partial charge < -0.3 is 30.6 Å². The summed E-state index contributed by atoms with van der Waals surface area (Å²) in [6.07, 6.45) is 0. The summed E-state index contributed by atoms with van der Waals surface area (Å²) >= 11 is 4.98. The monoisotopic (exact) mass is 669 g/mol. The fraction of sp³-hybridized carbons (Fsp3) is 0.364. The van der Waals surface area contributed by atoms with Crippen LogP contribution in [-0.4, -0.2) is 81.2 Å². The molecule has 0 radical (unpaired) electrons. The van der Waals surface area contributed by atoms with Crippen molar-refractivity contribution in [2.45, 2.75) is 58.7 Å². The predicted molar refractivity (Wildman–Crippen MR) is 187 cm³/mol. The highest BCUT2D eigenvalue weighted by Gasteiger charge is 2.20. The van der Waals surface area contributed by atoms with Crippen LogP contribution in [0.25, 0.3) is 0 Å². The van der Waals surface area contributed by atoms with E-state index in [4.69, 9.17) is 15.3 Å². The quantitative estimate of drug-likeness (QED) is 0.205. The minimum Gasteiger partial charge on any atom is -0.507 e. The van der Waals surface area contributed by atoms with Crippen LogP contribution in [0.15, 0.2) is 69.6 Å². The molecular weight excluding hydrogens is 631 g/mol. The van der Waals surface area contributed by atoms with Gasteiger partial charge in [-0.3, -0.25) is 15.0 Å². The van der Waals surface area contributed by atoms with E-state index in [0.29, 0.717) is 34.8 Å². The van der Waals surface area contributed by atoms with E-state index in [2.05, 4.69) is 35.7 Å². The first-order valence-corrected chi connectivity index (χ1v) is 17.5. The number of hydrogen-bond acceptors (Lipinski definition) is 12. The fourth-order valence-electron chi connectivity index (χ4n) is 4.43. The zero-order valence-electron chi connectivity index (χ0n) is 25.4. The first-order valence-electron chi connectivity index (χ1n) is 14.5. The summed E-state index contributed by atoms with van der Waals surface area (Å²) in [6, 6.07) is 16.6. The van der Waals surface area contributed by atoms with E-state index >= 15 is 0 Å². The van der Waals surface area contributed by atoms with E-state index in [9.17, 15) is 15.3 Å². The van der Waals surface area contributed by atoms with Gasteiger partial charge in [0.2, 0.25) is 0 Å². The van der Waals surface area contributed by atoms with Gasteiger partial charge >= 0.3 is 0 Å². The topological polar surface area (TPSA) is 158 Å². The number of nitrogens with zero attached hydrogens (tertiary/aromatic N) is 3. The molecule has 0 fully saturated rings. The van der Waals surface area contributed by atoms with Crippen LogP contribution in [0, 0.1) is 0 Å². The van der Waals surface area contributed by atoms with E-state index in [-0.39, 0.29) is 37.1 Å². The highest BCUT2D eigenvalue weighted by atomic mass is 32.2. The molecule has 0 amide bonds. The molecule has 3 aliphatic rings. The number of benzene rings is 3. The lowest BCUT2D eigenvalue weighted by Gasteiger charge is -2.04. The van der Waals surface area contributed by atoms with Crippen LogP contribution < -0.4 is 0 Å². The third-order valence-corrected chi connectivity index (χ3v) is 10.6. The number of rotatable bonds is 6. The molecule has 3 aromatic carbocycles. The molecule has 6 rings (SSSR count). The summed E-state index contributed by atoms with van der Waals surface area (Å²) < 4.78 is 0. The molecule has 3 atom stereocenters. The van der Waals surface area contributed by atoms with Crippen LogP contribution in [0.3, 0.4) is 0 Å². The second-order valence-electron chi connectivity index (χ2n) is 10.8. The third kappa shape index (κ3) is 9.50. The highest BCUT2D eigenvalue weighted by molar-refractivity contribution is 8.15. The predicted octanol–water partition coefficient (Wildman–Crippen LogP) is 5.30. The Balaban J connectivity index is 0.000000154. The molecule has 0 saturated carbocycles. The minimum atomic E-state index is -0.0517. The van der Waals surface area contributed by atoms with Crippen molar-refractivity contribution in [1.82, 2.24) is 0 Å². The standard InChI is InChI=1S/3C11H13NO2S/c3*1-7-6-15-11(12-7)9-3-2-8(5-13)4-10(9)14/h3*2-4,7,13-14H,5-6H2,1H3/t3*7-/m000/s1. The van der Waals surface area contributed by atoms with Gasteiger partial charge in [-0.15, -0.1) is 35.3 Å². The number of phenolic OH excluding ortho intramolecular Hbond substituents is 3. The lowest BCUT2D eigenvalue weighted by molar-refractivity contribution is 0.281. The Hall–Kier alpha value is -3.00. The molecule has 3 aromatic rings. The van der Waals surface area contributed by atoms with Gasteiger partial charge in [-0.25, -0.2) is 0 Å². The summed E-state index contributed by atoms with van der Waals surface area (Å²) in [5.74, 6) is 3.49. The van der Waals surface area contributed by atoms with Crippen LogP contribution in [0.4, 0.5) is 0 Å². The van der Waals surface area contributed by atoms with Crippen molar-refractivity contribution in [3.63, 3.8) is 0 Å². The molecule has 240 valence electrons. The molecule has 12 heteroatoms. The van der Waals surface area contributed by atoms with E-state index < -0.39 is 0 Å². The van der Waals surface area contributed by atoms with Gasteiger partial charge in [0, 0.05) is 33.9 Å². The summed E-state index contributed by atoms with van der Waals surface area (Å²) in [4.78, 5) is 13.3. The van der Waals surface area contributed by atoms with Crippen LogP contribution in [0.2, 0.25) is 0 Å². The number of aromatic hydroxyl groups is 3. The molecule has 3 aliphatic heterocycles. The first-order chi connectivity index (χ1) is 21.6. The molecular formula is C33H39N3O6S3. The zero-order chi connectivity index (χ0) is 32.5. The fourth-order valence-corrected chi connectivity index (χ4v) is 7.60. The Morgan fingerprint density at radius 2 is 0.778 bits per heavy atom. The Kier molecular flexibility index (Phi) is 12.8. The number of thioether (sulfide) groups is 3. The van der Waals surface area contributed by atoms with Crippen molar-refractivity contribution in [2.24, 2.45) is 15.0 Å². The summed E-state index contributed by atoms with van der Waals surface area (Å²) in [6.45, 7) is 6.01. The number of aliphatic imine (C=N–C) groups is 3. The van der Waals surface area contributed by atoms with Crippen molar-refractivity contribution >= 4 is 50.4 Å². The Morgan fingerprint density at radius 3 is 0.956 bits per heavy atom. The Bertz CT molecular complexity index is 1390. The van der Waals surface area contributed by atoms with Gasteiger partial charge in [0.25, 0.3) is 0 Å². The Labute approximate surface area is 276 Å². The maximum atomic E-state index is 9.76. The second kappa shape index (κ2) is 16.5. The average molecular weight is 670 g/mol. The van der Waals surface area contributed by atoms with Gasteiger partial charge in [-0.2, -0.15) is 0 Å². The normalized spacial score (nSPS) is 20.4. The van der Waals surface area contributed by atoms with Crippen molar-refractivity contribution in [3.8, 4) is 17.2 Å². The highest BCUT2D eigenvalue weighted by Crippen LogP contribution is 2.31. The smallest absolute Gasteiger partial charge is 0.125 e. The Morgan fingerprint density at radius 1 is 0.511 bits per heavy atom. The van der Waals surface area contributed by atoms with Gasteiger partial charge in [-0.05, 0) is 73.9 Å². The molecule has 0 spiro atoms. The maximum Gasteiger partial charge on any atom is 0.125 e. The summed E-state index contributed by atoms with van der Waals surface area (Å²) in [5, 5.41) is 58.7. The molecule has 9 nitrogen and oxygen atoms in total. The molecule has 0 unspecified atom stereocenters. The first kappa shape index (κ1) is 34.9. The van der Waals surface area contributed by atoms with Crippen molar-refractivity contribution < 1.29 is 30.6 Å². The maximum absolute atomic E-state index is 9.76. The van der Waals surface area contributed by atoms with E-state index in [1.165, 1.54) is 0 Å². The number of hydrogen-bond donors (Lipinski definition) is 6. The zero-order valence-corrected chi connectivity index (χ0v) is 27.9. The SMILES string of the molecule is C[C@H]1CSC(c2ccc(CO)cc2O)=N1.C[C@H]1CSC(c2ccc(CO)cc2O)=N1.C[C@H]1CSC(c2ccc(CO)cc2O)=N1. The molecule has 0 bridgehead atoms. The van der Waals surface area contributed by atoms with Gasteiger partial charge in [0.15, 0.2) is 0 Å².